The Labute approximate surface area is 201 Å². The molecule has 12 nitrogen and oxygen atoms in total. The van der Waals surface area contributed by atoms with Crippen LogP contribution in [-0.2, 0) is 9.59 Å². The first-order valence-electron chi connectivity index (χ1n) is 10.8. The summed E-state index contributed by atoms with van der Waals surface area (Å²) in [5.74, 6) is -0.530. The highest BCUT2D eigenvalue weighted by atomic mass is 16.6. The zero-order valence-electron chi connectivity index (χ0n) is 19.4. The molecule has 0 bridgehead atoms. The van der Waals surface area contributed by atoms with Crippen molar-refractivity contribution in [2.45, 2.75) is 46.0 Å². The number of benzene rings is 2. The van der Waals surface area contributed by atoms with E-state index in [4.69, 9.17) is 0 Å². The van der Waals surface area contributed by atoms with E-state index in [0.29, 0.717) is 41.8 Å². The van der Waals surface area contributed by atoms with Gasteiger partial charge < -0.3 is 0 Å². The van der Waals surface area contributed by atoms with E-state index in [1.807, 2.05) is 0 Å². The number of nitro groups is 2. The standard InChI is InChI=1S/C23H26N6O6/c1-16(18-8-12-20(13-9-18)28(32)33)24-26-22(30)6-4-3-5-7-23(31)27-25-17(2)19-10-14-21(15-11-19)29(34)35/h8-15H,3-7H2,1-2H3,(H,26,30)(H,27,31)/b24-16+,25-17+. The summed E-state index contributed by atoms with van der Waals surface area (Å²) < 4.78 is 0. The number of unbranched alkanes of at least 4 members (excludes halogenated alkanes) is 2. The molecule has 0 spiro atoms. The molecule has 12 heteroatoms. The van der Waals surface area contributed by atoms with Gasteiger partial charge >= 0.3 is 0 Å². The molecule has 0 atom stereocenters. The van der Waals surface area contributed by atoms with Crippen LogP contribution in [0.4, 0.5) is 11.4 Å². The van der Waals surface area contributed by atoms with Crippen LogP contribution in [0.5, 0.6) is 0 Å². The van der Waals surface area contributed by atoms with Crippen LogP contribution in [0.15, 0.2) is 58.7 Å². The highest BCUT2D eigenvalue weighted by molar-refractivity contribution is 6.00. The lowest BCUT2D eigenvalue weighted by atomic mass is 10.1. The third-order valence-electron chi connectivity index (χ3n) is 5.00. The molecule has 0 fully saturated rings. The number of hydrogen-bond acceptors (Lipinski definition) is 8. The number of nitro benzene ring substituents is 2. The fourth-order valence-corrected chi connectivity index (χ4v) is 2.93. The van der Waals surface area contributed by atoms with E-state index in [1.165, 1.54) is 24.3 Å². The minimum atomic E-state index is -0.488. The molecular formula is C23H26N6O6. The van der Waals surface area contributed by atoms with E-state index in [9.17, 15) is 29.8 Å². The molecule has 2 aromatic rings. The van der Waals surface area contributed by atoms with Crippen molar-refractivity contribution in [3.8, 4) is 0 Å². The van der Waals surface area contributed by atoms with Gasteiger partial charge in [0.15, 0.2) is 0 Å². The monoisotopic (exact) mass is 482 g/mol. The molecule has 0 aliphatic carbocycles. The first kappa shape index (κ1) is 26.8. The van der Waals surface area contributed by atoms with Gasteiger partial charge in [0.05, 0.1) is 21.3 Å². The van der Waals surface area contributed by atoms with Gasteiger partial charge in [0, 0.05) is 37.1 Å². The SMILES string of the molecule is C/C(=N\NC(=O)CCCCCC(=O)N/N=C(\C)c1ccc([N+](=O)[O-])cc1)c1ccc([N+](=O)[O-])cc1. The normalized spacial score (nSPS) is 11.6. The number of amides is 2. The molecule has 35 heavy (non-hydrogen) atoms. The van der Waals surface area contributed by atoms with Gasteiger partial charge in [-0.3, -0.25) is 29.8 Å². The zero-order valence-corrected chi connectivity index (χ0v) is 19.4. The van der Waals surface area contributed by atoms with E-state index in [1.54, 1.807) is 38.1 Å². The molecule has 184 valence electrons. The van der Waals surface area contributed by atoms with Gasteiger partial charge in [-0.05, 0) is 62.1 Å². The molecule has 2 N–H and O–H groups in total. The highest BCUT2D eigenvalue weighted by Gasteiger charge is 2.08. The number of nitrogens with zero attached hydrogens (tertiary/aromatic N) is 4. The van der Waals surface area contributed by atoms with E-state index in [0.717, 1.165) is 0 Å². The summed E-state index contributed by atoms with van der Waals surface area (Å²) in [4.78, 5) is 44.3. The molecule has 0 unspecified atom stereocenters. The maximum atomic E-state index is 11.9. The predicted molar refractivity (Wildman–Crippen MR) is 130 cm³/mol. The maximum Gasteiger partial charge on any atom is 0.269 e. The summed E-state index contributed by atoms with van der Waals surface area (Å²) >= 11 is 0. The van der Waals surface area contributed by atoms with Crippen LogP contribution in [0.2, 0.25) is 0 Å². The van der Waals surface area contributed by atoms with E-state index >= 15 is 0 Å². The summed E-state index contributed by atoms with van der Waals surface area (Å²) in [6, 6.07) is 11.7. The molecule has 0 aliphatic heterocycles. The molecule has 2 rings (SSSR count). The Hall–Kier alpha value is -4.48. The summed E-state index contributed by atoms with van der Waals surface area (Å²) in [6.07, 6.45) is 2.32. The molecule has 0 saturated carbocycles. The third-order valence-corrected chi connectivity index (χ3v) is 5.00. The van der Waals surface area contributed by atoms with E-state index in [2.05, 4.69) is 21.1 Å². The molecule has 0 heterocycles. The Morgan fingerprint density at radius 1 is 0.686 bits per heavy atom. The lowest BCUT2D eigenvalue weighted by molar-refractivity contribution is -0.385. The fourth-order valence-electron chi connectivity index (χ4n) is 2.93. The minimum Gasteiger partial charge on any atom is -0.273 e. The maximum absolute atomic E-state index is 11.9. The molecule has 0 radical (unpaired) electrons. The van der Waals surface area contributed by atoms with Crippen molar-refractivity contribution < 1.29 is 19.4 Å². The average Bonchev–Trinajstić information content (AvgIpc) is 2.85. The Bertz CT molecular complexity index is 1040. The van der Waals surface area contributed by atoms with Crippen LogP contribution in [0.3, 0.4) is 0 Å². The van der Waals surface area contributed by atoms with Crippen LogP contribution < -0.4 is 10.9 Å². The van der Waals surface area contributed by atoms with Gasteiger partial charge in [0.2, 0.25) is 11.8 Å². The number of rotatable bonds is 12. The molecular weight excluding hydrogens is 456 g/mol. The zero-order chi connectivity index (χ0) is 25.8. The fraction of sp³-hybridized carbons (Fsp3) is 0.304. The molecule has 0 aliphatic rings. The second-order valence-corrected chi connectivity index (χ2v) is 7.63. The lowest BCUT2D eigenvalue weighted by Gasteiger charge is -2.04. The Morgan fingerprint density at radius 2 is 1.03 bits per heavy atom. The number of carbonyl (C=O) groups excluding carboxylic acids is 2. The van der Waals surface area contributed by atoms with Gasteiger partial charge in [0.25, 0.3) is 11.4 Å². The topological polar surface area (TPSA) is 169 Å². The Balaban J connectivity index is 1.65. The van der Waals surface area contributed by atoms with Crippen LogP contribution >= 0.6 is 0 Å². The first-order chi connectivity index (χ1) is 16.7. The van der Waals surface area contributed by atoms with Crippen molar-refractivity contribution in [2.75, 3.05) is 0 Å². The van der Waals surface area contributed by atoms with Crippen molar-refractivity contribution in [1.82, 2.24) is 10.9 Å². The van der Waals surface area contributed by atoms with Crippen molar-refractivity contribution >= 4 is 34.6 Å². The quantitative estimate of drug-likeness (QED) is 0.201. The summed E-state index contributed by atoms with van der Waals surface area (Å²) in [5.41, 5.74) is 7.23. The number of carbonyl (C=O) groups is 2. The average molecular weight is 482 g/mol. The Kier molecular flexibility index (Phi) is 10.2. The minimum absolute atomic E-state index is 0.0225. The summed E-state index contributed by atoms with van der Waals surface area (Å²) in [6.45, 7) is 3.37. The van der Waals surface area contributed by atoms with Crippen LogP contribution in [0.1, 0.15) is 57.1 Å². The molecule has 2 aromatic carbocycles. The third kappa shape index (κ3) is 9.12. The van der Waals surface area contributed by atoms with Crippen LogP contribution in [-0.4, -0.2) is 33.1 Å². The number of non-ortho nitro benzene ring substituents is 2. The number of nitrogens with one attached hydrogen (secondary N) is 2. The van der Waals surface area contributed by atoms with E-state index < -0.39 is 9.85 Å². The summed E-state index contributed by atoms with van der Waals surface area (Å²) in [5, 5.41) is 29.4. The predicted octanol–water partition coefficient (Wildman–Crippen LogP) is 3.83. The second kappa shape index (κ2) is 13.3. The smallest absolute Gasteiger partial charge is 0.269 e. The van der Waals surface area contributed by atoms with E-state index in [-0.39, 0.29) is 36.0 Å². The number of hydrazone groups is 2. The Morgan fingerprint density at radius 3 is 1.34 bits per heavy atom. The molecule has 0 aromatic heterocycles. The number of hydrogen-bond donors (Lipinski definition) is 2. The van der Waals surface area contributed by atoms with Gasteiger partial charge in [0.1, 0.15) is 0 Å². The van der Waals surface area contributed by atoms with Gasteiger partial charge in [-0.2, -0.15) is 10.2 Å². The first-order valence-corrected chi connectivity index (χ1v) is 10.8. The molecule has 2 amide bonds. The molecule has 0 saturated heterocycles. The van der Waals surface area contributed by atoms with Crippen LogP contribution in [0.25, 0.3) is 0 Å². The van der Waals surface area contributed by atoms with Crippen molar-refractivity contribution in [3.05, 3.63) is 79.9 Å². The van der Waals surface area contributed by atoms with Crippen molar-refractivity contribution in [3.63, 3.8) is 0 Å². The van der Waals surface area contributed by atoms with Crippen molar-refractivity contribution in [2.24, 2.45) is 10.2 Å². The summed E-state index contributed by atoms with van der Waals surface area (Å²) in [7, 11) is 0. The lowest BCUT2D eigenvalue weighted by Crippen LogP contribution is -2.19. The van der Waals surface area contributed by atoms with Gasteiger partial charge in [-0.15, -0.1) is 0 Å². The van der Waals surface area contributed by atoms with Gasteiger partial charge in [-0.1, -0.05) is 6.42 Å². The van der Waals surface area contributed by atoms with Crippen molar-refractivity contribution in [1.29, 1.82) is 0 Å². The largest absolute Gasteiger partial charge is 0.273 e. The van der Waals surface area contributed by atoms with Gasteiger partial charge in [-0.25, -0.2) is 10.9 Å². The second-order valence-electron chi connectivity index (χ2n) is 7.63. The van der Waals surface area contributed by atoms with Crippen LogP contribution in [0, 0.1) is 20.2 Å². The highest BCUT2D eigenvalue weighted by Crippen LogP contribution is 2.13.